The van der Waals surface area contributed by atoms with E-state index in [0.717, 1.165) is 99.6 Å². The smallest absolute Gasteiger partial charge is 0.390 e. The fraction of sp³-hybridized carbons (Fsp3) is 0.576. The van der Waals surface area contributed by atoms with Crippen molar-refractivity contribution in [3.63, 3.8) is 0 Å². The molecule has 1 aliphatic heterocycles. The monoisotopic (exact) mass is 627 g/mol. The normalized spacial score (nSPS) is 18.2. The van der Waals surface area contributed by atoms with E-state index in [1.807, 2.05) is 6.07 Å². The first-order valence-electron chi connectivity index (χ1n) is 15.4. The van der Waals surface area contributed by atoms with Crippen LogP contribution in [0.15, 0.2) is 36.4 Å². The summed E-state index contributed by atoms with van der Waals surface area (Å²) in [7, 11) is -3.70. The predicted molar refractivity (Wildman–Crippen MR) is 160 cm³/mol. The second kappa shape index (κ2) is 15.0. The van der Waals surface area contributed by atoms with Crippen LogP contribution in [0.4, 0.5) is 22.0 Å². The van der Waals surface area contributed by atoms with Gasteiger partial charge < -0.3 is 10.0 Å². The van der Waals surface area contributed by atoms with Crippen LogP contribution in [0.1, 0.15) is 93.7 Å². The zero-order valence-electron chi connectivity index (χ0n) is 24.6. The van der Waals surface area contributed by atoms with Gasteiger partial charge in [-0.3, -0.25) is 0 Å². The zero-order valence-corrected chi connectivity index (χ0v) is 25.4. The van der Waals surface area contributed by atoms with E-state index in [9.17, 15) is 35.5 Å². The Balaban J connectivity index is 1.28. The molecule has 0 bridgehead atoms. The summed E-state index contributed by atoms with van der Waals surface area (Å²) >= 11 is 0. The standard InChI is InChI=1S/C33H42F5NO3S/c34-31-16-13-25(23-32(31)35)28-12-5-8-24-22-27(40)14-15-29(24)30(28)11-3-1-2-4-18-39-19-6-9-26(39)10-7-20-43(41,42)21-17-33(36,37)38/h13-16,22-23,26,40H,1-12,17-21H2. The lowest BCUT2D eigenvalue weighted by Gasteiger charge is -2.24. The number of phenols is 1. The van der Waals surface area contributed by atoms with Gasteiger partial charge in [-0.25, -0.2) is 17.2 Å². The lowest BCUT2D eigenvalue weighted by molar-refractivity contribution is -0.129. The fourth-order valence-corrected chi connectivity index (χ4v) is 7.89. The van der Waals surface area contributed by atoms with Crippen molar-refractivity contribution in [3.8, 4) is 5.75 Å². The molecule has 0 spiro atoms. The number of nitrogens with zero attached hydrogens (tertiary/aromatic N) is 1. The Morgan fingerprint density at radius 3 is 2.44 bits per heavy atom. The number of aromatic hydroxyl groups is 1. The average molecular weight is 628 g/mol. The quantitative estimate of drug-likeness (QED) is 0.169. The summed E-state index contributed by atoms with van der Waals surface area (Å²) in [5.74, 6) is -2.53. The van der Waals surface area contributed by atoms with E-state index >= 15 is 0 Å². The maximum atomic E-state index is 14.2. The van der Waals surface area contributed by atoms with E-state index in [1.54, 1.807) is 18.2 Å². The van der Waals surface area contributed by atoms with Gasteiger partial charge in [0.05, 0.1) is 17.9 Å². The number of hydrogen-bond acceptors (Lipinski definition) is 4. The highest BCUT2D eigenvalue weighted by molar-refractivity contribution is 7.91. The van der Waals surface area contributed by atoms with Gasteiger partial charge in [0.15, 0.2) is 21.5 Å². The minimum Gasteiger partial charge on any atom is -0.508 e. The SMILES string of the molecule is O=S(=O)(CCCC1CCCN1CCCCCCC1=C(c2ccc(F)c(F)c2)CCCc2cc(O)ccc21)CCC(F)(F)F. The molecule has 1 N–H and O–H groups in total. The molecule has 2 aromatic carbocycles. The number of allylic oxidation sites excluding steroid dienone is 2. The number of alkyl halides is 3. The van der Waals surface area contributed by atoms with E-state index < -0.39 is 39.8 Å². The van der Waals surface area contributed by atoms with Crippen LogP contribution in [0.3, 0.4) is 0 Å². The third-order valence-corrected chi connectivity index (χ3v) is 10.5. The molecule has 1 unspecified atom stereocenters. The van der Waals surface area contributed by atoms with E-state index in [-0.39, 0.29) is 17.5 Å². The zero-order chi connectivity index (χ0) is 31.0. The van der Waals surface area contributed by atoms with Crippen LogP contribution in [0, 0.1) is 11.6 Å². The number of phenolic OH excluding ortho intramolecular Hbond substituents is 1. The number of hydrogen-bond donors (Lipinski definition) is 1. The average Bonchev–Trinajstić information content (AvgIpc) is 3.30. The van der Waals surface area contributed by atoms with E-state index in [2.05, 4.69) is 4.90 Å². The summed E-state index contributed by atoms with van der Waals surface area (Å²) in [6.45, 7) is 1.87. The molecule has 2 aromatic rings. The molecule has 238 valence electrons. The summed E-state index contributed by atoms with van der Waals surface area (Å²) in [5, 5.41) is 10.1. The molecule has 0 saturated carbocycles. The summed E-state index contributed by atoms with van der Waals surface area (Å²) in [5.41, 5.74) is 4.99. The molecule has 1 atom stereocenters. The molecule has 4 rings (SSSR count). The van der Waals surface area contributed by atoms with Crippen LogP contribution < -0.4 is 0 Å². The number of sulfone groups is 1. The molecule has 0 radical (unpaired) electrons. The van der Waals surface area contributed by atoms with Crippen molar-refractivity contribution >= 4 is 21.0 Å². The van der Waals surface area contributed by atoms with Gasteiger partial charge >= 0.3 is 6.18 Å². The van der Waals surface area contributed by atoms with Crippen LogP contribution in [-0.4, -0.2) is 55.2 Å². The summed E-state index contributed by atoms with van der Waals surface area (Å²) in [6.07, 6.45) is 4.49. The Hall–Kier alpha value is -2.46. The van der Waals surface area contributed by atoms with Gasteiger partial charge in [-0.15, -0.1) is 0 Å². The number of fused-ring (bicyclic) bond motifs is 1. The fourth-order valence-electron chi connectivity index (χ4n) is 6.54. The van der Waals surface area contributed by atoms with Crippen LogP contribution in [-0.2, 0) is 16.3 Å². The molecule has 10 heteroatoms. The van der Waals surface area contributed by atoms with E-state index in [0.29, 0.717) is 18.4 Å². The molecular weight excluding hydrogens is 585 g/mol. The molecule has 1 heterocycles. The minimum atomic E-state index is -4.46. The van der Waals surface area contributed by atoms with Crippen molar-refractivity contribution in [2.24, 2.45) is 0 Å². The number of likely N-dealkylation sites (tertiary alicyclic amines) is 1. The Labute approximate surface area is 251 Å². The first-order chi connectivity index (χ1) is 20.4. The predicted octanol–water partition coefficient (Wildman–Crippen LogP) is 8.48. The first kappa shape index (κ1) is 33.4. The largest absolute Gasteiger partial charge is 0.508 e. The highest BCUT2D eigenvalue weighted by Gasteiger charge is 2.30. The van der Waals surface area contributed by atoms with Crippen molar-refractivity contribution in [2.45, 2.75) is 95.7 Å². The number of unbranched alkanes of at least 4 members (excludes halogenated alkanes) is 3. The summed E-state index contributed by atoms with van der Waals surface area (Å²) in [6, 6.07) is 9.78. The van der Waals surface area contributed by atoms with Crippen molar-refractivity contribution in [1.29, 1.82) is 0 Å². The summed E-state index contributed by atoms with van der Waals surface area (Å²) < 4.78 is 89.0. The van der Waals surface area contributed by atoms with E-state index in [4.69, 9.17) is 0 Å². The molecule has 1 saturated heterocycles. The highest BCUT2D eigenvalue weighted by Crippen LogP contribution is 2.40. The Morgan fingerprint density at radius 2 is 1.67 bits per heavy atom. The van der Waals surface area contributed by atoms with Crippen LogP contribution >= 0.6 is 0 Å². The number of aryl methyl sites for hydroxylation is 1. The number of benzene rings is 2. The van der Waals surface area contributed by atoms with Gasteiger partial charge in [0.25, 0.3) is 0 Å². The van der Waals surface area contributed by atoms with Gasteiger partial charge in [-0.1, -0.05) is 25.0 Å². The van der Waals surface area contributed by atoms with Crippen LogP contribution in [0.2, 0.25) is 0 Å². The molecular formula is C33H42F5NO3S. The molecule has 1 aliphatic carbocycles. The molecule has 0 aromatic heterocycles. The lowest BCUT2D eigenvalue weighted by atomic mass is 9.89. The number of rotatable bonds is 14. The second-order valence-corrected chi connectivity index (χ2v) is 14.2. The van der Waals surface area contributed by atoms with Gasteiger partial charge in [-0.2, -0.15) is 13.2 Å². The minimum absolute atomic E-state index is 0.196. The molecule has 1 fully saturated rings. The molecule has 4 nitrogen and oxygen atoms in total. The molecule has 2 aliphatic rings. The number of halogens is 5. The first-order valence-corrected chi connectivity index (χ1v) is 17.2. The topological polar surface area (TPSA) is 57.6 Å². The van der Waals surface area contributed by atoms with Gasteiger partial charge in [-0.05, 0) is 129 Å². The van der Waals surface area contributed by atoms with Gasteiger partial charge in [0, 0.05) is 6.04 Å². The van der Waals surface area contributed by atoms with E-state index in [1.165, 1.54) is 12.1 Å². The maximum Gasteiger partial charge on any atom is 0.390 e. The van der Waals surface area contributed by atoms with Gasteiger partial charge in [0.2, 0.25) is 0 Å². The third-order valence-electron chi connectivity index (χ3n) is 8.73. The van der Waals surface area contributed by atoms with Gasteiger partial charge in [0.1, 0.15) is 5.75 Å². The Bertz CT molecular complexity index is 1370. The van der Waals surface area contributed by atoms with Crippen molar-refractivity contribution in [3.05, 3.63) is 64.7 Å². The van der Waals surface area contributed by atoms with Crippen molar-refractivity contribution in [1.82, 2.24) is 4.90 Å². The Kier molecular flexibility index (Phi) is 11.7. The lowest BCUT2D eigenvalue weighted by Crippen LogP contribution is -2.31. The maximum absolute atomic E-state index is 14.2. The molecule has 0 amide bonds. The van der Waals surface area contributed by atoms with Crippen LogP contribution in [0.5, 0.6) is 5.75 Å². The second-order valence-electron chi connectivity index (χ2n) is 11.9. The third kappa shape index (κ3) is 10.0. The van der Waals surface area contributed by atoms with Crippen molar-refractivity contribution < 1.29 is 35.5 Å². The summed E-state index contributed by atoms with van der Waals surface area (Å²) in [4.78, 5) is 2.39. The highest BCUT2D eigenvalue weighted by atomic mass is 32.2. The van der Waals surface area contributed by atoms with Crippen LogP contribution in [0.25, 0.3) is 11.1 Å². The Morgan fingerprint density at radius 1 is 0.884 bits per heavy atom. The van der Waals surface area contributed by atoms with Crippen molar-refractivity contribution in [2.75, 3.05) is 24.6 Å². The molecule has 43 heavy (non-hydrogen) atoms.